The summed E-state index contributed by atoms with van der Waals surface area (Å²) in [5.74, 6) is 5.35. The maximum atomic E-state index is 11.5. The minimum absolute atomic E-state index is 0.366. The highest BCUT2D eigenvalue weighted by atomic mass is 35.5. The summed E-state index contributed by atoms with van der Waals surface area (Å²) in [6, 6.07) is 8.82. The van der Waals surface area contributed by atoms with Gasteiger partial charge < -0.3 is 4.74 Å². The van der Waals surface area contributed by atoms with Crippen molar-refractivity contribution in [3.05, 3.63) is 46.6 Å². The highest BCUT2D eigenvalue weighted by Crippen LogP contribution is 2.29. The SMILES string of the molecule is COc1ccc(-c2ccc(C(=O)NN)c(C)n2)cc1Cl. The van der Waals surface area contributed by atoms with Gasteiger partial charge in [0, 0.05) is 5.56 Å². The molecule has 5 nitrogen and oxygen atoms in total. The molecule has 0 aliphatic rings. The molecule has 1 heterocycles. The number of hydrogen-bond donors (Lipinski definition) is 2. The van der Waals surface area contributed by atoms with Crippen LogP contribution in [0.25, 0.3) is 11.3 Å². The van der Waals surface area contributed by atoms with E-state index in [1.54, 1.807) is 38.3 Å². The standard InChI is InChI=1S/C14H14ClN3O2/c1-8-10(14(19)18-16)4-5-12(17-8)9-3-6-13(20-2)11(15)7-9/h3-7H,16H2,1-2H3,(H,18,19). The van der Waals surface area contributed by atoms with Gasteiger partial charge in [0.2, 0.25) is 0 Å². The van der Waals surface area contributed by atoms with Gasteiger partial charge >= 0.3 is 0 Å². The van der Waals surface area contributed by atoms with Crippen LogP contribution in [-0.4, -0.2) is 18.0 Å². The number of amides is 1. The zero-order chi connectivity index (χ0) is 14.7. The van der Waals surface area contributed by atoms with E-state index in [0.717, 1.165) is 11.3 Å². The van der Waals surface area contributed by atoms with Gasteiger partial charge in [-0.05, 0) is 37.3 Å². The van der Waals surface area contributed by atoms with Crippen LogP contribution in [0.1, 0.15) is 16.1 Å². The normalized spacial score (nSPS) is 10.2. The Morgan fingerprint density at radius 2 is 2.10 bits per heavy atom. The molecule has 2 aromatic rings. The molecule has 0 bridgehead atoms. The first kappa shape index (κ1) is 14.3. The van der Waals surface area contributed by atoms with Crippen LogP contribution >= 0.6 is 11.6 Å². The largest absolute Gasteiger partial charge is 0.495 e. The summed E-state index contributed by atoms with van der Waals surface area (Å²) in [6.45, 7) is 1.75. The van der Waals surface area contributed by atoms with E-state index in [0.29, 0.717) is 22.0 Å². The van der Waals surface area contributed by atoms with E-state index in [9.17, 15) is 4.79 Å². The van der Waals surface area contributed by atoms with Crippen molar-refractivity contribution in [1.29, 1.82) is 0 Å². The number of ether oxygens (including phenoxy) is 1. The van der Waals surface area contributed by atoms with Crippen LogP contribution < -0.4 is 16.0 Å². The fourth-order valence-electron chi connectivity index (χ4n) is 1.87. The summed E-state index contributed by atoms with van der Waals surface area (Å²) in [5, 5.41) is 0.508. The number of methoxy groups -OCH3 is 1. The van der Waals surface area contributed by atoms with Gasteiger partial charge in [-0.2, -0.15) is 0 Å². The predicted molar refractivity (Wildman–Crippen MR) is 77.6 cm³/mol. The van der Waals surface area contributed by atoms with Crippen molar-refractivity contribution < 1.29 is 9.53 Å². The van der Waals surface area contributed by atoms with Crippen molar-refractivity contribution in [2.75, 3.05) is 7.11 Å². The summed E-state index contributed by atoms with van der Waals surface area (Å²) in [5.41, 5.74) is 4.69. The highest BCUT2D eigenvalue weighted by Gasteiger charge is 2.11. The van der Waals surface area contributed by atoms with Gasteiger partial charge in [-0.25, -0.2) is 5.84 Å². The smallest absolute Gasteiger partial charge is 0.267 e. The Kier molecular flexibility index (Phi) is 4.22. The number of nitrogen functional groups attached to an aromatic ring is 1. The zero-order valence-corrected chi connectivity index (χ0v) is 11.9. The average Bonchev–Trinajstić information content (AvgIpc) is 2.46. The topological polar surface area (TPSA) is 77.2 Å². The van der Waals surface area contributed by atoms with Gasteiger partial charge in [0.05, 0.1) is 29.1 Å². The number of nitrogens with one attached hydrogen (secondary N) is 1. The van der Waals surface area contributed by atoms with Crippen LogP contribution in [0.15, 0.2) is 30.3 Å². The van der Waals surface area contributed by atoms with Crippen molar-refractivity contribution in [3.8, 4) is 17.0 Å². The van der Waals surface area contributed by atoms with Crippen LogP contribution in [-0.2, 0) is 0 Å². The Bertz CT molecular complexity index is 659. The Balaban J connectivity index is 2.41. The number of nitrogens with two attached hydrogens (primary N) is 1. The number of hydrazine groups is 1. The predicted octanol–water partition coefficient (Wildman–Crippen LogP) is 2.32. The minimum atomic E-state index is -0.366. The number of rotatable bonds is 3. The second-order valence-electron chi connectivity index (χ2n) is 4.15. The van der Waals surface area contributed by atoms with Crippen molar-refractivity contribution in [2.45, 2.75) is 6.92 Å². The molecule has 0 radical (unpaired) electrons. The molecular weight excluding hydrogens is 278 g/mol. The number of aromatic nitrogens is 1. The monoisotopic (exact) mass is 291 g/mol. The maximum Gasteiger partial charge on any atom is 0.267 e. The van der Waals surface area contributed by atoms with E-state index in [1.165, 1.54) is 0 Å². The third kappa shape index (κ3) is 2.74. The highest BCUT2D eigenvalue weighted by molar-refractivity contribution is 6.32. The molecule has 6 heteroatoms. The van der Waals surface area contributed by atoms with Crippen molar-refractivity contribution >= 4 is 17.5 Å². The first-order valence-corrected chi connectivity index (χ1v) is 6.27. The minimum Gasteiger partial charge on any atom is -0.495 e. The molecule has 0 saturated heterocycles. The van der Waals surface area contributed by atoms with Crippen LogP contribution in [0.5, 0.6) is 5.75 Å². The number of halogens is 1. The van der Waals surface area contributed by atoms with Gasteiger partial charge in [0.1, 0.15) is 5.75 Å². The van der Waals surface area contributed by atoms with E-state index in [4.69, 9.17) is 22.2 Å². The molecule has 1 amide bonds. The van der Waals surface area contributed by atoms with Gasteiger partial charge in [0.25, 0.3) is 5.91 Å². The first-order chi connectivity index (χ1) is 9.56. The Labute approximate surface area is 121 Å². The lowest BCUT2D eigenvalue weighted by atomic mass is 10.1. The number of carbonyl (C=O) groups excluding carboxylic acids is 1. The fourth-order valence-corrected chi connectivity index (χ4v) is 2.12. The molecule has 0 atom stereocenters. The molecule has 0 aliphatic carbocycles. The van der Waals surface area contributed by atoms with E-state index in [1.807, 2.05) is 6.07 Å². The molecule has 0 saturated carbocycles. The van der Waals surface area contributed by atoms with Crippen molar-refractivity contribution in [1.82, 2.24) is 10.4 Å². The molecule has 0 unspecified atom stereocenters. The van der Waals surface area contributed by atoms with Crippen LogP contribution in [0.4, 0.5) is 0 Å². The lowest BCUT2D eigenvalue weighted by Crippen LogP contribution is -2.30. The first-order valence-electron chi connectivity index (χ1n) is 5.89. The molecule has 0 fully saturated rings. The lowest BCUT2D eigenvalue weighted by molar-refractivity contribution is 0.0952. The van der Waals surface area contributed by atoms with Gasteiger partial charge in [-0.3, -0.25) is 15.2 Å². The third-order valence-electron chi connectivity index (χ3n) is 2.91. The Morgan fingerprint density at radius 1 is 1.35 bits per heavy atom. The van der Waals surface area contributed by atoms with Crippen LogP contribution in [0.3, 0.4) is 0 Å². The third-order valence-corrected chi connectivity index (χ3v) is 3.20. The van der Waals surface area contributed by atoms with E-state index in [2.05, 4.69) is 10.4 Å². The molecule has 1 aromatic carbocycles. The van der Waals surface area contributed by atoms with E-state index >= 15 is 0 Å². The van der Waals surface area contributed by atoms with Gasteiger partial charge in [-0.15, -0.1) is 0 Å². The zero-order valence-electron chi connectivity index (χ0n) is 11.1. The molecule has 0 aliphatic heterocycles. The summed E-state index contributed by atoms with van der Waals surface area (Å²) < 4.78 is 5.11. The Morgan fingerprint density at radius 3 is 2.65 bits per heavy atom. The number of nitrogens with zero attached hydrogens (tertiary/aromatic N) is 1. The number of pyridine rings is 1. The number of carbonyl (C=O) groups is 1. The molecule has 3 N–H and O–H groups in total. The van der Waals surface area contributed by atoms with Crippen LogP contribution in [0, 0.1) is 6.92 Å². The second kappa shape index (κ2) is 5.90. The Hall–Kier alpha value is -2.11. The second-order valence-corrected chi connectivity index (χ2v) is 4.56. The molecule has 2 rings (SSSR count). The summed E-state index contributed by atoms with van der Waals surface area (Å²) in [7, 11) is 1.56. The van der Waals surface area contributed by atoms with E-state index in [-0.39, 0.29) is 5.91 Å². The summed E-state index contributed by atoms with van der Waals surface area (Å²) in [4.78, 5) is 15.9. The van der Waals surface area contributed by atoms with Gasteiger partial charge in [0.15, 0.2) is 0 Å². The number of aryl methyl sites for hydroxylation is 1. The summed E-state index contributed by atoms with van der Waals surface area (Å²) >= 11 is 6.09. The fraction of sp³-hybridized carbons (Fsp3) is 0.143. The lowest BCUT2D eigenvalue weighted by Gasteiger charge is -2.08. The molecule has 104 valence electrons. The molecule has 20 heavy (non-hydrogen) atoms. The molecule has 0 spiro atoms. The number of benzene rings is 1. The maximum absolute atomic E-state index is 11.5. The quantitative estimate of drug-likeness (QED) is 0.517. The van der Waals surface area contributed by atoms with Crippen molar-refractivity contribution in [2.24, 2.45) is 5.84 Å². The average molecular weight is 292 g/mol. The van der Waals surface area contributed by atoms with Crippen molar-refractivity contribution in [3.63, 3.8) is 0 Å². The molecular formula is C14H14ClN3O2. The molecule has 1 aromatic heterocycles. The van der Waals surface area contributed by atoms with Crippen LogP contribution in [0.2, 0.25) is 5.02 Å². The van der Waals surface area contributed by atoms with E-state index < -0.39 is 0 Å². The van der Waals surface area contributed by atoms with Gasteiger partial charge in [-0.1, -0.05) is 11.6 Å². The summed E-state index contributed by atoms with van der Waals surface area (Å²) in [6.07, 6.45) is 0. The number of hydrogen-bond acceptors (Lipinski definition) is 4.